The molecule has 1 aliphatic rings. The second kappa shape index (κ2) is 6.27. The summed E-state index contributed by atoms with van der Waals surface area (Å²) in [6.45, 7) is 4.76. The Morgan fingerprint density at radius 3 is 2.68 bits per heavy atom. The summed E-state index contributed by atoms with van der Waals surface area (Å²) in [4.78, 5) is 11.3. The Labute approximate surface area is 139 Å². The third kappa shape index (κ3) is 3.51. The predicted molar refractivity (Wildman–Crippen MR) is 89.0 cm³/mol. The third-order valence-electron chi connectivity index (χ3n) is 3.90. The van der Waals surface area contributed by atoms with Crippen molar-refractivity contribution in [1.29, 1.82) is 0 Å². The zero-order chi connectivity index (χ0) is 16.5. The highest BCUT2D eigenvalue weighted by atomic mass is 79.9. The van der Waals surface area contributed by atoms with Crippen LogP contribution in [-0.2, 0) is 14.8 Å². The SMILES string of the molecule is CC(=O)Nc1ccc(S(=O)(=O)N2CCC(C)(CN)C2)cc1Br. The monoisotopic (exact) mass is 389 g/mol. The number of nitrogens with zero attached hydrogens (tertiary/aromatic N) is 1. The molecule has 1 aromatic rings. The molecule has 1 unspecified atom stereocenters. The first-order valence-corrected chi connectivity index (χ1v) is 9.19. The number of hydrogen-bond donors (Lipinski definition) is 2. The lowest BCUT2D eigenvalue weighted by Crippen LogP contribution is -2.34. The maximum Gasteiger partial charge on any atom is 0.243 e. The molecule has 1 heterocycles. The lowest BCUT2D eigenvalue weighted by molar-refractivity contribution is -0.114. The van der Waals surface area contributed by atoms with Crippen molar-refractivity contribution in [3.05, 3.63) is 22.7 Å². The molecular formula is C14H20BrN3O3S. The summed E-state index contributed by atoms with van der Waals surface area (Å²) in [5.74, 6) is -0.213. The van der Waals surface area contributed by atoms with E-state index in [1.165, 1.54) is 23.4 Å². The Hall–Kier alpha value is -0.960. The zero-order valence-corrected chi connectivity index (χ0v) is 15.0. The van der Waals surface area contributed by atoms with Crippen molar-refractivity contribution >= 4 is 37.5 Å². The fourth-order valence-corrected chi connectivity index (χ4v) is 4.69. The van der Waals surface area contributed by atoms with E-state index in [1.54, 1.807) is 6.07 Å². The first-order valence-electron chi connectivity index (χ1n) is 6.95. The van der Waals surface area contributed by atoms with Crippen molar-refractivity contribution in [2.45, 2.75) is 25.2 Å². The van der Waals surface area contributed by atoms with Crippen LogP contribution in [0.15, 0.2) is 27.6 Å². The molecule has 1 aromatic carbocycles. The zero-order valence-electron chi connectivity index (χ0n) is 12.6. The van der Waals surface area contributed by atoms with Crippen molar-refractivity contribution < 1.29 is 13.2 Å². The number of hydrogen-bond acceptors (Lipinski definition) is 4. The smallest absolute Gasteiger partial charge is 0.243 e. The van der Waals surface area contributed by atoms with E-state index in [1.807, 2.05) is 6.92 Å². The van der Waals surface area contributed by atoms with Crippen LogP contribution in [0.2, 0.25) is 0 Å². The Morgan fingerprint density at radius 1 is 1.50 bits per heavy atom. The van der Waals surface area contributed by atoms with Gasteiger partial charge in [-0.2, -0.15) is 4.31 Å². The van der Waals surface area contributed by atoms with E-state index in [9.17, 15) is 13.2 Å². The molecule has 6 nitrogen and oxygen atoms in total. The number of carbonyl (C=O) groups is 1. The van der Waals surface area contributed by atoms with Crippen molar-refractivity contribution in [1.82, 2.24) is 4.31 Å². The van der Waals surface area contributed by atoms with Gasteiger partial charge in [0.05, 0.1) is 10.6 Å². The van der Waals surface area contributed by atoms with Crippen LogP contribution >= 0.6 is 15.9 Å². The van der Waals surface area contributed by atoms with Crippen LogP contribution in [0.4, 0.5) is 5.69 Å². The molecule has 1 saturated heterocycles. The van der Waals surface area contributed by atoms with Gasteiger partial charge < -0.3 is 11.1 Å². The highest BCUT2D eigenvalue weighted by Gasteiger charge is 2.39. The Bertz CT molecular complexity index is 693. The fourth-order valence-electron chi connectivity index (χ4n) is 2.45. The molecule has 2 rings (SSSR count). The van der Waals surface area contributed by atoms with E-state index in [4.69, 9.17) is 5.73 Å². The first kappa shape index (κ1) is 17.4. The van der Waals surface area contributed by atoms with Gasteiger partial charge in [0.25, 0.3) is 0 Å². The molecule has 3 N–H and O–H groups in total. The summed E-state index contributed by atoms with van der Waals surface area (Å²) in [5, 5.41) is 2.63. The number of nitrogens with two attached hydrogens (primary N) is 1. The van der Waals surface area contributed by atoms with Crippen molar-refractivity contribution in [3.63, 3.8) is 0 Å². The van der Waals surface area contributed by atoms with Crippen LogP contribution in [0.5, 0.6) is 0 Å². The number of carbonyl (C=O) groups excluding carboxylic acids is 1. The van der Waals surface area contributed by atoms with E-state index in [0.29, 0.717) is 29.8 Å². The van der Waals surface area contributed by atoms with Crippen LogP contribution in [0.1, 0.15) is 20.3 Å². The van der Waals surface area contributed by atoms with E-state index in [2.05, 4.69) is 21.2 Å². The summed E-state index contributed by atoms with van der Waals surface area (Å²) < 4.78 is 27.4. The van der Waals surface area contributed by atoms with Crippen molar-refractivity contribution in [2.75, 3.05) is 25.0 Å². The normalized spacial score (nSPS) is 22.7. The molecule has 0 bridgehead atoms. The van der Waals surface area contributed by atoms with Gasteiger partial charge in [0.1, 0.15) is 0 Å². The minimum absolute atomic E-state index is 0.166. The van der Waals surface area contributed by atoms with Gasteiger partial charge in [-0.05, 0) is 52.5 Å². The second-order valence-corrected chi connectivity index (χ2v) is 8.72. The molecule has 0 spiro atoms. The minimum atomic E-state index is -3.55. The van der Waals surface area contributed by atoms with Crippen LogP contribution in [0.25, 0.3) is 0 Å². The molecule has 1 atom stereocenters. The summed E-state index contributed by atoms with van der Waals surface area (Å²) in [5.41, 5.74) is 6.11. The Balaban J connectivity index is 2.27. The molecule has 0 radical (unpaired) electrons. The van der Waals surface area contributed by atoms with Gasteiger partial charge in [0.15, 0.2) is 0 Å². The van der Waals surface area contributed by atoms with E-state index >= 15 is 0 Å². The molecule has 0 aliphatic carbocycles. The average Bonchev–Trinajstić information content (AvgIpc) is 2.84. The van der Waals surface area contributed by atoms with Gasteiger partial charge in [0.2, 0.25) is 15.9 Å². The summed E-state index contributed by atoms with van der Waals surface area (Å²) >= 11 is 3.30. The minimum Gasteiger partial charge on any atom is -0.330 e. The molecule has 0 saturated carbocycles. The maximum absolute atomic E-state index is 12.7. The molecule has 22 heavy (non-hydrogen) atoms. The largest absolute Gasteiger partial charge is 0.330 e. The number of rotatable bonds is 4. The molecular weight excluding hydrogens is 370 g/mol. The van der Waals surface area contributed by atoms with Gasteiger partial charge in [-0.3, -0.25) is 4.79 Å². The summed E-state index contributed by atoms with van der Waals surface area (Å²) in [7, 11) is -3.55. The molecule has 1 amide bonds. The highest BCUT2D eigenvalue weighted by Crippen LogP contribution is 2.34. The fraction of sp³-hybridized carbons (Fsp3) is 0.500. The van der Waals surface area contributed by atoms with Gasteiger partial charge >= 0.3 is 0 Å². The molecule has 1 aliphatic heterocycles. The Kier molecular flexibility index (Phi) is 4.96. The molecule has 1 fully saturated rings. The molecule has 122 valence electrons. The van der Waals surface area contributed by atoms with Crippen molar-refractivity contribution in [2.24, 2.45) is 11.1 Å². The summed E-state index contributed by atoms with van der Waals surface area (Å²) in [6, 6.07) is 4.60. The van der Waals surface area contributed by atoms with E-state index < -0.39 is 10.0 Å². The number of sulfonamides is 1. The number of nitrogens with one attached hydrogen (secondary N) is 1. The summed E-state index contributed by atoms with van der Waals surface area (Å²) in [6.07, 6.45) is 0.758. The Morgan fingerprint density at radius 2 is 2.18 bits per heavy atom. The number of benzene rings is 1. The average molecular weight is 390 g/mol. The molecule has 0 aromatic heterocycles. The topological polar surface area (TPSA) is 92.5 Å². The quantitative estimate of drug-likeness (QED) is 0.820. The van der Waals surface area contributed by atoms with Crippen LogP contribution in [0, 0.1) is 5.41 Å². The van der Waals surface area contributed by atoms with Gasteiger partial charge in [-0.25, -0.2) is 8.42 Å². The number of halogens is 1. The van der Waals surface area contributed by atoms with E-state index in [-0.39, 0.29) is 16.2 Å². The standard InChI is InChI=1S/C14H20BrN3O3S/c1-10(19)17-13-4-3-11(7-12(13)15)22(20,21)18-6-5-14(2,8-16)9-18/h3-4,7H,5-6,8-9,16H2,1-2H3,(H,17,19). The first-order chi connectivity index (χ1) is 10.2. The van der Waals surface area contributed by atoms with Crippen LogP contribution in [-0.4, -0.2) is 38.3 Å². The van der Waals surface area contributed by atoms with Crippen LogP contribution < -0.4 is 11.1 Å². The maximum atomic E-state index is 12.7. The van der Waals surface area contributed by atoms with Crippen LogP contribution in [0.3, 0.4) is 0 Å². The van der Waals surface area contributed by atoms with Gasteiger partial charge in [0, 0.05) is 24.5 Å². The predicted octanol–water partition coefficient (Wildman–Crippen LogP) is 1.77. The van der Waals surface area contributed by atoms with E-state index in [0.717, 1.165) is 6.42 Å². The lowest BCUT2D eigenvalue weighted by atomic mass is 9.90. The third-order valence-corrected chi connectivity index (χ3v) is 6.40. The number of amides is 1. The highest BCUT2D eigenvalue weighted by molar-refractivity contribution is 9.10. The van der Waals surface area contributed by atoms with Crippen molar-refractivity contribution in [3.8, 4) is 0 Å². The second-order valence-electron chi connectivity index (χ2n) is 5.93. The number of anilines is 1. The molecule has 8 heteroatoms. The van der Waals surface area contributed by atoms with Gasteiger partial charge in [-0.1, -0.05) is 6.92 Å². The lowest BCUT2D eigenvalue weighted by Gasteiger charge is -2.22. The van der Waals surface area contributed by atoms with Gasteiger partial charge in [-0.15, -0.1) is 0 Å².